The third-order valence-electron chi connectivity index (χ3n) is 8.83. The summed E-state index contributed by atoms with van der Waals surface area (Å²) in [5.74, 6) is -3.34. The van der Waals surface area contributed by atoms with Gasteiger partial charge in [0.15, 0.2) is 5.96 Å². The van der Waals surface area contributed by atoms with E-state index in [1.165, 1.54) is 12.1 Å². The van der Waals surface area contributed by atoms with Crippen LogP contribution in [-0.2, 0) is 43.2 Å². The van der Waals surface area contributed by atoms with Gasteiger partial charge in [0, 0.05) is 25.8 Å². The number of hydrogen-bond acceptors (Lipinski definition) is 7. The maximum Gasteiger partial charge on any atom is 0.243 e. The molecule has 14 heteroatoms. The number of aliphatic imine (C=N–C) groups is 1. The molecular weight excluding hydrogens is 676 g/mol. The van der Waals surface area contributed by atoms with Crippen molar-refractivity contribution >= 4 is 46.3 Å². The van der Waals surface area contributed by atoms with E-state index in [0.29, 0.717) is 12.0 Å². The van der Waals surface area contributed by atoms with E-state index in [1.807, 2.05) is 48.5 Å². The first kappa shape index (κ1) is 37.8. The molecule has 1 fully saturated rings. The lowest BCUT2D eigenvalue weighted by molar-refractivity contribution is -0.134. The lowest BCUT2D eigenvalue weighted by Gasteiger charge is -2.26. The number of nitrogens with zero attached hydrogens (tertiary/aromatic N) is 1. The van der Waals surface area contributed by atoms with Gasteiger partial charge in [-0.1, -0.05) is 84.9 Å². The van der Waals surface area contributed by atoms with Gasteiger partial charge in [-0.3, -0.25) is 29.0 Å². The van der Waals surface area contributed by atoms with Crippen LogP contribution in [-0.4, -0.2) is 77.9 Å². The minimum atomic E-state index is -1.16. The molecule has 0 bridgehead atoms. The topological polar surface area (TPSA) is 230 Å². The molecule has 1 heterocycles. The lowest BCUT2D eigenvalue weighted by Crippen LogP contribution is -2.58. The predicted molar refractivity (Wildman–Crippen MR) is 200 cm³/mol. The SMILES string of the molecule is NC(N)=NCCC[C@@H]1NC(=O)[C@H](Cc2ccccc2)NC(=O)[C@@H](Cc2ccc(O)cc2)NC(=O)CNC(=O)[C@H](Cc2ccc3ccccc3c2)NC1=O. The smallest absolute Gasteiger partial charge is 0.243 e. The molecule has 0 unspecified atom stereocenters. The molecule has 4 aromatic carbocycles. The number of nitrogens with one attached hydrogen (secondary N) is 5. The van der Waals surface area contributed by atoms with Crippen LogP contribution in [0.5, 0.6) is 5.75 Å². The number of nitrogens with two attached hydrogens (primary N) is 2. The molecule has 5 rings (SSSR count). The summed E-state index contributed by atoms with van der Waals surface area (Å²) in [7, 11) is 0. The van der Waals surface area contributed by atoms with E-state index in [4.69, 9.17) is 11.5 Å². The molecule has 276 valence electrons. The molecule has 0 aliphatic carbocycles. The third kappa shape index (κ3) is 11.3. The highest BCUT2D eigenvalue weighted by Crippen LogP contribution is 2.18. The van der Waals surface area contributed by atoms with Crippen LogP contribution in [0, 0.1) is 0 Å². The molecule has 0 saturated carbocycles. The first-order chi connectivity index (χ1) is 25.5. The average Bonchev–Trinajstić information content (AvgIpc) is 3.15. The maximum absolute atomic E-state index is 14.1. The van der Waals surface area contributed by atoms with Gasteiger partial charge in [0.25, 0.3) is 0 Å². The second-order valence-electron chi connectivity index (χ2n) is 12.9. The summed E-state index contributed by atoms with van der Waals surface area (Å²) in [6, 6.07) is 24.0. The minimum Gasteiger partial charge on any atom is -0.508 e. The number of rotatable bonds is 10. The van der Waals surface area contributed by atoms with E-state index in [9.17, 15) is 29.1 Å². The van der Waals surface area contributed by atoms with Crippen LogP contribution < -0.4 is 38.1 Å². The number of hydrogen-bond donors (Lipinski definition) is 8. The summed E-state index contributed by atoms with van der Waals surface area (Å²) in [5.41, 5.74) is 13.1. The highest BCUT2D eigenvalue weighted by molar-refractivity contribution is 5.97. The molecule has 5 amide bonds. The summed E-state index contributed by atoms with van der Waals surface area (Å²) in [6.07, 6.45) is 0.586. The van der Waals surface area contributed by atoms with Gasteiger partial charge >= 0.3 is 0 Å². The molecule has 53 heavy (non-hydrogen) atoms. The molecule has 0 spiro atoms. The van der Waals surface area contributed by atoms with Gasteiger partial charge in [0.05, 0.1) is 6.54 Å². The number of benzene rings is 4. The van der Waals surface area contributed by atoms with Gasteiger partial charge in [-0.25, -0.2) is 0 Å². The number of guanidine groups is 1. The number of amides is 5. The van der Waals surface area contributed by atoms with Gasteiger partial charge in [-0.15, -0.1) is 0 Å². The Balaban J connectivity index is 1.48. The number of phenols is 1. The largest absolute Gasteiger partial charge is 0.508 e. The number of phenolic OH excluding ortho intramolecular Hbond substituents is 1. The Bertz CT molecular complexity index is 1950. The Hall–Kier alpha value is -6.44. The quantitative estimate of drug-likeness (QED) is 0.0659. The Morgan fingerprint density at radius 2 is 1.13 bits per heavy atom. The van der Waals surface area contributed by atoms with E-state index in [-0.39, 0.29) is 43.9 Å². The second-order valence-corrected chi connectivity index (χ2v) is 12.9. The van der Waals surface area contributed by atoms with Crippen molar-refractivity contribution in [1.29, 1.82) is 0 Å². The molecule has 1 saturated heterocycles. The van der Waals surface area contributed by atoms with Crippen molar-refractivity contribution in [1.82, 2.24) is 26.6 Å². The number of carbonyl (C=O) groups excluding carboxylic acids is 5. The zero-order chi connectivity index (χ0) is 37.7. The van der Waals surface area contributed by atoms with Crippen molar-refractivity contribution in [2.45, 2.75) is 56.3 Å². The van der Waals surface area contributed by atoms with Crippen LogP contribution in [0.3, 0.4) is 0 Å². The number of aromatic hydroxyl groups is 1. The van der Waals surface area contributed by atoms with Crippen LogP contribution in [0.2, 0.25) is 0 Å². The van der Waals surface area contributed by atoms with Gasteiger partial charge in [-0.2, -0.15) is 0 Å². The molecule has 0 aromatic heterocycles. The van der Waals surface area contributed by atoms with E-state index < -0.39 is 60.2 Å². The van der Waals surface area contributed by atoms with Crippen LogP contribution in [0.15, 0.2) is 102 Å². The van der Waals surface area contributed by atoms with Gasteiger partial charge in [0.2, 0.25) is 29.5 Å². The summed E-state index contributed by atoms with van der Waals surface area (Å²) < 4.78 is 0. The van der Waals surface area contributed by atoms with Crippen molar-refractivity contribution in [3.05, 3.63) is 114 Å². The fourth-order valence-corrected chi connectivity index (χ4v) is 6.07. The molecule has 1 aliphatic heterocycles. The molecular formula is C39H44N8O6. The molecule has 14 nitrogen and oxygen atoms in total. The monoisotopic (exact) mass is 720 g/mol. The summed E-state index contributed by atoms with van der Waals surface area (Å²) >= 11 is 0. The molecule has 10 N–H and O–H groups in total. The fraction of sp³-hybridized carbons (Fsp3) is 0.282. The summed E-state index contributed by atoms with van der Waals surface area (Å²) in [4.78, 5) is 72.9. The van der Waals surface area contributed by atoms with Crippen molar-refractivity contribution in [2.75, 3.05) is 13.1 Å². The van der Waals surface area contributed by atoms with E-state index in [0.717, 1.165) is 21.9 Å². The Morgan fingerprint density at radius 1 is 0.604 bits per heavy atom. The van der Waals surface area contributed by atoms with E-state index in [1.54, 1.807) is 36.4 Å². The van der Waals surface area contributed by atoms with Crippen molar-refractivity contribution in [3.63, 3.8) is 0 Å². The summed E-state index contributed by atoms with van der Waals surface area (Å²) in [6.45, 7) is -0.311. The predicted octanol–water partition coefficient (Wildman–Crippen LogP) is 0.696. The average molecular weight is 721 g/mol. The van der Waals surface area contributed by atoms with Crippen molar-refractivity contribution in [2.24, 2.45) is 16.5 Å². The van der Waals surface area contributed by atoms with Gasteiger partial charge in [-0.05, 0) is 52.4 Å². The molecule has 0 radical (unpaired) electrons. The minimum absolute atomic E-state index is 0.0174. The Kier molecular flexibility index (Phi) is 13.0. The van der Waals surface area contributed by atoms with E-state index >= 15 is 0 Å². The molecule has 4 aromatic rings. The number of carbonyl (C=O) groups is 5. The molecule has 4 atom stereocenters. The van der Waals surface area contributed by atoms with Crippen LogP contribution >= 0.6 is 0 Å². The zero-order valence-electron chi connectivity index (χ0n) is 29.1. The maximum atomic E-state index is 14.1. The number of fused-ring (bicyclic) bond motifs is 1. The third-order valence-corrected chi connectivity index (χ3v) is 8.83. The van der Waals surface area contributed by atoms with Crippen LogP contribution in [0.25, 0.3) is 10.8 Å². The Morgan fingerprint density at radius 3 is 1.81 bits per heavy atom. The molecule has 1 aliphatic rings. The van der Waals surface area contributed by atoms with E-state index in [2.05, 4.69) is 31.6 Å². The second kappa shape index (κ2) is 18.2. The summed E-state index contributed by atoms with van der Waals surface area (Å²) in [5, 5.41) is 25.4. The first-order valence-corrected chi connectivity index (χ1v) is 17.4. The highest BCUT2D eigenvalue weighted by atomic mass is 16.3. The first-order valence-electron chi connectivity index (χ1n) is 17.4. The van der Waals surface area contributed by atoms with Crippen LogP contribution in [0.1, 0.15) is 29.5 Å². The van der Waals surface area contributed by atoms with Crippen molar-refractivity contribution in [3.8, 4) is 5.75 Å². The fourth-order valence-electron chi connectivity index (χ4n) is 6.07. The van der Waals surface area contributed by atoms with Gasteiger partial charge in [0.1, 0.15) is 29.9 Å². The highest BCUT2D eigenvalue weighted by Gasteiger charge is 2.32. The van der Waals surface area contributed by atoms with Crippen molar-refractivity contribution < 1.29 is 29.1 Å². The normalized spacial score (nSPS) is 20.1. The lowest BCUT2D eigenvalue weighted by atomic mass is 10.00. The van der Waals surface area contributed by atoms with Crippen LogP contribution in [0.4, 0.5) is 0 Å². The zero-order valence-corrected chi connectivity index (χ0v) is 29.1. The van der Waals surface area contributed by atoms with Gasteiger partial charge < -0.3 is 43.2 Å². The standard InChI is InChI=1S/C39H44N8O6/c40-39(41)42-18-6-11-30-36(51)46-31(22-26-12-15-27-9-4-5-10-28(27)19-26)35(50)43-23-34(49)44-32(21-25-13-16-29(48)17-14-25)37(52)47-33(38(53)45-30)20-24-7-2-1-3-8-24/h1-5,7-10,12-17,19,30-33,48H,6,11,18,20-23H2,(H,43,50)(H,44,49)(H,45,53)(H,46,51)(H,47,52)(H4,40,41,42)/t30-,31-,32+,33-/m0/s1. The Labute approximate surface area is 306 Å².